The van der Waals surface area contributed by atoms with Crippen molar-refractivity contribution in [1.82, 2.24) is 20.2 Å². The summed E-state index contributed by atoms with van der Waals surface area (Å²) in [5.74, 6) is 2.42. The number of nitrogens with one attached hydrogen (secondary N) is 2. The normalized spacial score (nSPS) is 18.0. The van der Waals surface area contributed by atoms with Crippen molar-refractivity contribution >= 4 is 11.6 Å². The highest BCUT2D eigenvalue weighted by Gasteiger charge is 2.29. The van der Waals surface area contributed by atoms with Crippen LogP contribution in [-0.4, -0.2) is 39.4 Å². The van der Waals surface area contributed by atoms with E-state index in [1.807, 2.05) is 30.3 Å². The van der Waals surface area contributed by atoms with Crippen LogP contribution in [0.3, 0.4) is 0 Å². The van der Waals surface area contributed by atoms with Crippen LogP contribution >= 0.6 is 0 Å². The molecule has 0 amide bonds. The van der Waals surface area contributed by atoms with E-state index in [0.29, 0.717) is 23.1 Å². The lowest BCUT2D eigenvalue weighted by molar-refractivity contribution is 0.101. The number of benzene rings is 1. The minimum absolute atomic E-state index is 0.107. The van der Waals surface area contributed by atoms with Gasteiger partial charge in [0, 0.05) is 12.1 Å². The van der Waals surface area contributed by atoms with Crippen molar-refractivity contribution in [3.8, 4) is 28.8 Å². The molecule has 2 aromatic heterocycles. The molecule has 1 aromatic carbocycles. The molecule has 9 heteroatoms. The zero-order valence-electron chi connectivity index (χ0n) is 15.2. The fraction of sp³-hybridized carbons (Fsp3) is 0.263. The van der Waals surface area contributed by atoms with Crippen molar-refractivity contribution in [2.75, 3.05) is 12.4 Å². The van der Waals surface area contributed by atoms with Crippen molar-refractivity contribution in [3.05, 3.63) is 42.4 Å². The van der Waals surface area contributed by atoms with Gasteiger partial charge >= 0.3 is 0 Å². The van der Waals surface area contributed by atoms with Crippen LogP contribution in [0.4, 0.5) is 11.6 Å². The second kappa shape index (κ2) is 7.54. The van der Waals surface area contributed by atoms with Crippen molar-refractivity contribution in [2.45, 2.75) is 25.0 Å². The maximum atomic E-state index is 8.80. The van der Waals surface area contributed by atoms with Gasteiger partial charge in [-0.1, -0.05) is 6.07 Å². The lowest BCUT2D eigenvalue weighted by Gasteiger charge is -2.33. The number of nitriles is 1. The topological polar surface area (TPSA) is 135 Å². The third-order valence-corrected chi connectivity index (χ3v) is 4.50. The zero-order chi connectivity index (χ0) is 19.5. The Labute approximate surface area is 161 Å². The molecular weight excluding hydrogens is 358 g/mol. The molecule has 9 nitrogen and oxygen atoms in total. The van der Waals surface area contributed by atoms with E-state index in [-0.39, 0.29) is 17.8 Å². The van der Waals surface area contributed by atoms with Gasteiger partial charge in [-0.3, -0.25) is 5.10 Å². The largest absolute Gasteiger partial charge is 0.496 e. The van der Waals surface area contributed by atoms with Gasteiger partial charge in [-0.15, -0.1) is 0 Å². The lowest BCUT2D eigenvalue weighted by atomic mass is 9.90. The van der Waals surface area contributed by atoms with Gasteiger partial charge in [0.15, 0.2) is 11.5 Å². The van der Waals surface area contributed by atoms with Gasteiger partial charge < -0.3 is 20.5 Å². The fourth-order valence-electron chi connectivity index (χ4n) is 3.02. The first-order chi connectivity index (χ1) is 13.7. The second-order valence-corrected chi connectivity index (χ2v) is 6.50. The van der Waals surface area contributed by atoms with E-state index in [0.717, 1.165) is 24.1 Å². The molecule has 1 saturated carbocycles. The van der Waals surface area contributed by atoms with Crippen LogP contribution in [0.1, 0.15) is 18.5 Å². The number of hydrogen-bond acceptors (Lipinski definition) is 8. The third kappa shape index (κ3) is 3.58. The van der Waals surface area contributed by atoms with Gasteiger partial charge in [-0.25, -0.2) is 9.97 Å². The fourth-order valence-corrected chi connectivity index (χ4v) is 3.02. The number of H-pyrrole nitrogens is 1. The van der Waals surface area contributed by atoms with Crippen LogP contribution in [0.15, 0.2) is 36.7 Å². The Morgan fingerprint density at radius 2 is 2.04 bits per heavy atom. The molecule has 1 fully saturated rings. The standard InChI is InChI=1S/C19H19N7O2/c1-27-15-3-2-4-16(28-13-5-11(21)6-13)19(15)14-7-17(26-25-14)24-18-10-22-12(8-20)9-23-18/h2-4,7,9-11,13H,5-6,21H2,1H3,(H2,23,24,25,26)/t11-,13-. The minimum Gasteiger partial charge on any atom is -0.496 e. The van der Waals surface area contributed by atoms with Gasteiger partial charge in [-0.2, -0.15) is 10.4 Å². The van der Waals surface area contributed by atoms with E-state index >= 15 is 0 Å². The summed E-state index contributed by atoms with van der Waals surface area (Å²) in [4.78, 5) is 8.11. The Morgan fingerprint density at radius 3 is 2.71 bits per heavy atom. The highest BCUT2D eigenvalue weighted by atomic mass is 16.5. The van der Waals surface area contributed by atoms with E-state index in [2.05, 4.69) is 25.5 Å². The maximum absolute atomic E-state index is 8.80. The van der Waals surface area contributed by atoms with Gasteiger partial charge in [-0.05, 0) is 25.0 Å². The number of hydrogen-bond donors (Lipinski definition) is 3. The molecule has 2 heterocycles. The molecule has 1 aliphatic carbocycles. The first-order valence-corrected chi connectivity index (χ1v) is 8.80. The summed E-state index contributed by atoms with van der Waals surface area (Å²) in [6, 6.07) is 9.63. The number of anilines is 2. The van der Waals surface area contributed by atoms with E-state index in [9.17, 15) is 0 Å². The predicted molar refractivity (Wildman–Crippen MR) is 102 cm³/mol. The second-order valence-electron chi connectivity index (χ2n) is 6.50. The van der Waals surface area contributed by atoms with Crippen LogP contribution in [0.2, 0.25) is 0 Å². The average molecular weight is 377 g/mol. The molecule has 4 N–H and O–H groups in total. The Kier molecular flexibility index (Phi) is 4.78. The van der Waals surface area contributed by atoms with Crippen LogP contribution in [0, 0.1) is 11.3 Å². The smallest absolute Gasteiger partial charge is 0.158 e. The Bertz CT molecular complexity index is 1000. The van der Waals surface area contributed by atoms with Crippen LogP contribution in [0.5, 0.6) is 11.5 Å². The summed E-state index contributed by atoms with van der Waals surface area (Å²) in [7, 11) is 1.61. The van der Waals surface area contributed by atoms with Crippen LogP contribution < -0.4 is 20.5 Å². The summed E-state index contributed by atoms with van der Waals surface area (Å²) in [6.07, 6.45) is 4.65. The van der Waals surface area contributed by atoms with E-state index < -0.39 is 0 Å². The summed E-state index contributed by atoms with van der Waals surface area (Å²) < 4.78 is 11.6. The van der Waals surface area contributed by atoms with Crippen LogP contribution in [0.25, 0.3) is 11.3 Å². The molecule has 3 aromatic rings. The number of nitrogens with zero attached hydrogens (tertiary/aromatic N) is 4. The molecule has 0 bridgehead atoms. The molecule has 28 heavy (non-hydrogen) atoms. The van der Waals surface area contributed by atoms with Gasteiger partial charge in [0.2, 0.25) is 0 Å². The predicted octanol–water partition coefficient (Wildman–Crippen LogP) is 2.36. The molecular formula is C19H19N7O2. The van der Waals surface area contributed by atoms with Crippen LogP contribution in [-0.2, 0) is 0 Å². The minimum atomic E-state index is 0.107. The summed E-state index contributed by atoms with van der Waals surface area (Å²) >= 11 is 0. The molecule has 0 unspecified atom stereocenters. The van der Waals surface area contributed by atoms with Crippen molar-refractivity contribution in [3.63, 3.8) is 0 Å². The number of aromatic amines is 1. The average Bonchev–Trinajstić information content (AvgIpc) is 3.15. The summed E-state index contributed by atoms with van der Waals surface area (Å²) in [5.41, 5.74) is 7.64. The van der Waals surface area contributed by atoms with Crippen molar-refractivity contribution in [1.29, 1.82) is 5.26 Å². The zero-order valence-corrected chi connectivity index (χ0v) is 15.2. The highest BCUT2D eigenvalue weighted by molar-refractivity contribution is 5.76. The highest BCUT2D eigenvalue weighted by Crippen LogP contribution is 2.40. The van der Waals surface area contributed by atoms with Gasteiger partial charge in [0.25, 0.3) is 0 Å². The van der Waals surface area contributed by atoms with E-state index in [1.165, 1.54) is 12.4 Å². The number of ether oxygens (including phenoxy) is 2. The number of aromatic nitrogens is 4. The van der Waals surface area contributed by atoms with Crippen molar-refractivity contribution in [2.24, 2.45) is 5.73 Å². The third-order valence-electron chi connectivity index (χ3n) is 4.50. The monoisotopic (exact) mass is 377 g/mol. The molecule has 4 rings (SSSR count). The number of nitrogens with two attached hydrogens (primary N) is 1. The Hall–Kier alpha value is -3.64. The van der Waals surface area contributed by atoms with Gasteiger partial charge in [0.05, 0.1) is 30.8 Å². The van der Waals surface area contributed by atoms with Crippen molar-refractivity contribution < 1.29 is 9.47 Å². The molecule has 0 aliphatic heterocycles. The molecule has 0 atom stereocenters. The number of rotatable bonds is 6. The maximum Gasteiger partial charge on any atom is 0.158 e. The summed E-state index contributed by atoms with van der Waals surface area (Å²) in [5, 5.41) is 19.1. The van der Waals surface area contributed by atoms with E-state index in [1.54, 1.807) is 7.11 Å². The molecule has 0 saturated heterocycles. The molecule has 0 spiro atoms. The quantitative estimate of drug-likeness (QED) is 0.596. The first kappa shape index (κ1) is 17.8. The number of methoxy groups -OCH3 is 1. The Morgan fingerprint density at radius 1 is 1.21 bits per heavy atom. The SMILES string of the molecule is COc1cccc(O[C@H]2C[C@H](N)C2)c1-c1cc(Nc2cnc(C#N)cn2)n[nH]1. The van der Waals surface area contributed by atoms with E-state index in [4.69, 9.17) is 20.5 Å². The molecule has 1 aliphatic rings. The summed E-state index contributed by atoms with van der Waals surface area (Å²) in [6.45, 7) is 0. The first-order valence-electron chi connectivity index (χ1n) is 8.80. The van der Waals surface area contributed by atoms with Gasteiger partial charge in [0.1, 0.15) is 29.5 Å². The Balaban J connectivity index is 1.59. The lowest BCUT2D eigenvalue weighted by Crippen LogP contribution is -2.43. The molecule has 0 radical (unpaired) electrons. The molecule has 142 valence electrons.